The highest BCUT2D eigenvalue weighted by molar-refractivity contribution is 8.00. The molecular weight excluding hydrogens is 624 g/mol. The van der Waals surface area contributed by atoms with E-state index in [1.54, 1.807) is 72.8 Å². The van der Waals surface area contributed by atoms with Crippen molar-refractivity contribution in [2.24, 2.45) is 0 Å². The number of nitrogens with one attached hydrogen (secondary N) is 3. The van der Waals surface area contributed by atoms with Gasteiger partial charge in [0.05, 0.1) is 10.9 Å². The molecule has 1 aromatic heterocycles. The number of carbonyl (C=O) groups is 3. The van der Waals surface area contributed by atoms with Crippen molar-refractivity contribution in [2.75, 3.05) is 10.6 Å². The van der Waals surface area contributed by atoms with Crippen molar-refractivity contribution in [1.82, 2.24) is 10.3 Å². The van der Waals surface area contributed by atoms with E-state index in [1.165, 1.54) is 23.1 Å². The van der Waals surface area contributed by atoms with Gasteiger partial charge in [0, 0.05) is 31.6 Å². The van der Waals surface area contributed by atoms with Crippen molar-refractivity contribution in [3.8, 4) is 11.3 Å². The number of rotatable bonds is 10. The normalized spacial score (nSPS) is 11.8. The number of thiazole rings is 1. The van der Waals surface area contributed by atoms with Gasteiger partial charge in [-0.2, -0.15) is 0 Å². The van der Waals surface area contributed by atoms with Gasteiger partial charge in [0.1, 0.15) is 5.70 Å². The first-order chi connectivity index (χ1) is 21.7. The number of anilines is 2. The average molecular weight is 653 g/mol. The van der Waals surface area contributed by atoms with Crippen LogP contribution in [0.2, 0.25) is 5.02 Å². The maximum Gasteiger partial charge on any atom is 0.272 e. The lowest BCUT2D eigenvalue weighted by molar-refractivity contribution is -0.115. The van der Waals surface area contributed by atoms with Crippen molar-refractivity contribution >= 4 is 69.3 Å². The number of benzene rings is 4. The molecule has 0 saturated heterocycles. The largest absolute Gasteiger partial charge is 0.321 e. The molecule has 226 valence electrons. The Morgan fingerprint density at radius 1 is 0.867 bits per heavy atom. The van der Waals surface area contributed by atoms with Crippen molar-refractivity contribution < 1.29 is 14.4 Å². The number of nitrogens with zero attached hydrogens (tertiary/aromatic N) is 1. The van der Waals surface area contributed by atoms with Gasteiger partial charge in [-0.25, -0.2) is 4.98 Å². The van der Waals surface area contributed by atoms with Gasteiger partial charge in [0.15, 0.2) is 5.13 Å². The van der Waals surface area contributed by atoms with Gasteiger partial charge in [-0.3, -0.25) is 14.4 Å². The number of hydrogen-bond acceptors (Lipinski definition) is 6. The molecule has 5 aromatic rings. The number of halogens is 1. The molecule has 45 heavy (non-hydrogen) atoms. The molecule has 3 amide bonds. The first-order valence-corrected chi connectivity index (χ1v) is 16.1. The minimum absolute atomic E-state index is 0.0607. The Kier molecular flexibility index (Phi) is 10.5. The third-order valence-electron chi connectivity index (χ3n) is 6.56. The Balaban J connectivity index is 1.26. The molecule has 1 heterocycles. The molecule has 4 aromatic carbocycles. The summed E-state index contributed by atoms with van der Waals surface area (Å²) in [5, 5.41) is 9.20. The van der Waals surface area contributed by atoms with Gasteiger partial charge in [0.25, 0.3) is 11.8 Å². The second kappa shape index (κ2) is 14.9. The predicted octanol–water partition coefficient (Wildman–Crippen LogP) is 8.30. The van der Waals surface area contributed by atoms with Crippen LogP contribution in [0, 0.1) is 6.92 Å². The maximum absolute atomic E-state index is 13.4. The third-order valence-corrected chi connectivity index (χ3v) is 8.79. The van der Waals surface area contributed by atoms with Gasteiger partial charge in [-0.05, 0) is 68.0 Å². The molecular formula is C35H29ClN4O3S2. The molecule has 0 aliphatic heterocycles. The van der Waals surface area contributed by atoms with Crippen LogP contribution in [0.1, 0.15) is 27.7 Å². The van der Waals surface area contributed by atoms with Crippen LogP contribution in [0.15, 0.2) is 120 Å². The molecule has 0 bridgehead atoms. The lowest BCUT2D eigenvalue weighted by Gasteiger charge is -2.13. The van der Waals surface area contributed by atoms with E-state index in [4.69, 9.17) is 11.6 Å². The molecule has 0 fully saturated rings. The third kappa shape index (κ3) is 8.69. The SMILES string of the molecule is Cc1sc(NC(=O)C(C)Sc2cccc(NC(=O)/C(=C/c3ccc(Cl)cc3)NC(=O)c3ccccc3)c2)nc1-c1ccccc1. The fourth-order valence-corrected chi connectivity index (χ4v) is 6.18. The number of amides is 3. The molecule has 0 saturated carbocycles. The van der Waals surface area contributed by atoms with Crippen LogP contribution in [0.25, 0.3) is 17.3 Å². The minimum atomic E-state index is -0.504. The number of aryl methyl sites for hydroxylation is 1. The molecule has 5 rings (SSSR count). The molecule has 0 spiro atoms. The van der Waals surface area contributed by atoms with E-state index in [-0.39, 0.29) is 11.6 Å². The Labute approximate surface area is 274 Å². The lowest BCUT2D eigenvalue weighted by Crippen LogP contribution is -2.30. The summed E-state index contributed by atoms with van der Waals surface area (Å²) in [4.78, 5) is 45.8. The second-order valence-corrected chi connectivity index (χ2v) is 13.0. The summed E-state index contributed by atoms with van der Waals surface area (Å²) in [5.74, 6) is -1.10. The fourth-order valence-electron chi connectivity index (χ4n) is 4.29. The quantitative estimate of drug-likeness (QED) is 0.104. The van der Waals surface area contributed by atoms with Crippen LogP contribution < -0.4 is 16.0 Å². The molecule has 7 nitrogen and oxygen atoms in total. The molecule has 1 atom stereocenters. The molecule has 0 aliphatic carbocycles. The Bertz CT molecular complexity index is 1840. The highest BCUT2D eigenvalue weighted by Crippen LogP contribution is 2.32. The number of carbonyl (C=O) groups excluding carboxylic acids is 3. The van der Waals surface area contributed by atoms with Crippen LogP contribution in [-0.4, -0.2) is 28.0 Å². The van der Waals surface area contributed by atoms with Crippen LogP contribution >= 0.6 is 34.7 Å². The Morgan fingerprint density at radius 3 is 2.27 bits per heavy atom. The fraction of sp³-hybridized carbons (Fsp3) is 0.0857. The summed E-state index contributed by atoms with van der Waals surface area (Å²) in [5.41, 5.74) is 3.53. The Morgan fingerprint density at radius 2 is 1.56 bits per heavy atom. The van der Waals surface area contributed by atoms with Crippen molar-refractivity contribution in [3.63, 3.8) is 0 Å². The molecule has 3 N–H and O–H groups in total. The zero-order chi connectivity index (χ0) is 31.8. The summed E-state index contributed by atoms with van der Waals surface area (Å²) >= 11 is 8.82. The van der Waals surface area contributed by atoms with Crippen molar-refractivity contribution in [3.05, 3.63) is 136 Å². The van der Waals surface area contributed by atoms with Gasteiger partial charge in [0.2, 0.25) is 5.91 Å². The number of thioether (sulfide) groups is 1. The van der Waals surface area contributed by atoms with Crippen LogP contribution in [0.5, 0.6) is 0 Å². The van der Waals surface area contributed by atoms with Crippen LogP contribution in [0.4, 0.5) is 10.8 Å². The Hall–Kier alpha value is -4.70. The zero-order valence-electron chi connectivity index (χ0n) is 24.4. The summed E-state index contributed by atoms with van der Waals surface area (Å²) in [6.45, 7) is 3.80. The minimum Gasteiger partial charge on any atom is -0.321 e. The van der Waals surface area contributed by atoms with Crippen LogP contribution in [0.3, 0.4) is 0 Å². The maximum atomic E-state index is 13.4. The van der Waals surface area contributed by atoms with E-state index in [1.807, 2.05) is 56.3 Å². The summed E-state index contributed by atoms with van der Waals surface area (Å²) in [7, 11) is 0. The smallest absolute Gasteiger partial charge is 0.272 e. The van der Waals surface area contributed by atoms with E-state index >= 15 is 0 Å². The molecule has 0 aliphatic rings. The average Bonchev–Trinajstić information content (AvgIpc) is 3.42. The van der Waals surface area contributed by atoms with E-state index in [0.717, 1.165) is 21.0 Å². The first-order valence-electron chi connectivity index (χ1n) is 14.0. The van der Waals surface area contributed by atoms with E-state index in [0.29, 0.717) is 27.0 Å². The standard InChI is InChI=1S/C35H29ClN4O3S2/c1-22-31(25-10-5-3-6-11-25)39-35(45-22)40-32(41)23(2)44-29-15-9-14-28(21-29)37-34(43)30(20-24-16-18-27(36)19-17-24)38-33(42)26-12-7-4-8-13-26/h3-21,23H,1-2H3,(H,37,43)(H,38,42)(H,39,40,41)/b30-20-. The first kappa shape index (κ1) is 31.7. The monoisotopic (exact) mass is 652 g/mol. The van der Waals surface area contributed by atoms with E-state index in [9.17, 15) is 14.4 Å². The second-order valence-electron chi connectivity index (χ2n) is 9.95. The van der Waals surface area contributed by atoms with E-state index in [2.05, 4.69) is 20.9 Å². The summed E-state index contributed by atoms with van der Waals surface area (Å²) in [6, 6.07) is 32.6. The van der Waals surface area contributed by atoms with Crippen LogP contribution in [-0.2, 0) is 9.59 Å². The summed E-state index contributed by atoms with van der Waals surface area (Å²) in [6.07, 6.45) is 1.58. The zero-order valence-corrected chi connectivity index (χ0v) is 26.8. The molecule has 1 unspecified atom stereocenters. The van der Waals surface area contributed by atoms with Crippen molar-refractivity contribution in [1.29, 1.82) is 0 Å². The number of aromatic nitrogens is 1. The topological polar surface area (TPSA) is 100 Å². The van der Waals surface area contributed by atoms with Gasteiger partial charge in [-0.1, -0.05) is 78.3 Å². The lowest BCUT2D eigenvalue weighted by atomic mass is 10.1. The molecule has 0 radical (unpaired) electrons. The predicted molar refractivity (Wildman–Crippen MR) is 185 cm³/mol. The highest BCUT2D eigenvalue weighted by Gasteiger charge is 2.19. The van der Waals surface area contributed by atoms with E-state index < -0.39 is 17.1 Å². The molecule has 10 heteroatoms. The highest BCUT2D eigenvalue weighted by atomic mass is 35.5. The van der Waals surface area contributed by atoms with Gasteiger partial charge in [-0.15, -0.1) is 23.1 Å². The van der Waals surface area contributed by atoms with Gasteiger partial charge < -0.3 is 16.0 Å². The summed E-state index contributed by atoms with van der Waals surface area (Å²) < 4.78 is 0. The number of hydrogen-bond donors (Lipinski definition) is 3. The van der Waals surface area contributed by atoms with Gasteiger partial charge >= 0.3 is 0 Å². The van der Waals surface area contributed by atoms with Crippen molar-refractivity contribution in [2.45, 2.75) is 24.0 Å².